The fraction of sp³-hybridized carbons (Fsp3) is 0.133. The normalized spacial score (nSPS) is 13.4. The number of ketones is 1. The summed E-state index contributed by atoms with van der Waals surface area (Å²) in [7, 11) is 3.07. The molecule has 0 amide bonds. The number of allylic oxidation sites excluding steroid dienone is 1. The smallest absolute Gasteiger partial charge is 0.231 e. The minimum atomic E-state index is -0.126. The quantitative estimate of drug-likeness (QED) is 0.809. The summed E-state index contributed by atoms with van der Waals surface area (Å²) in [6.45, 7) is 0. The van der Waals surface area contributed by atoms with Crippen molar-refractivity contribution < 1.29 is 14.3 Å². The van der Waals surface area contributed by atoms with Crippen LogP contribution in [0.5, 0.6) is 5.75 Å². The Morgan fingerprint density at radius 2 is 1.83 bits per heavy atom. The molecule has 90 valence electrons. The number of ether oxygens (including phenoxy) is 2. The number of rotatable bonds is 2. The number of carbonyl (C=O) groups excluding carboxylic acids is 1. The fourth-order valence-corrected chi connectivity index (χ4v) is 2.39. The summed E-state index contributed by atoms with van der Waals surface area (Å²) in [5.41, 5.74) is 1.57. The second-order valence-corrected chi connectivity index (χ2v) is 4.13. The Bertz CT molecular complexity index is 683. The highest BCUT2D eigenvalue weighted by Crippen LogP contribution is 2.36. The minimum Gasteiger partial charge on any atom is -0.496 e. The van der Waals surface area contributed by atoms with E-state index in [0.29, 0.717) is 17.1 Å². The molecule has 2 aromatic rings. The third kappa shape index (κ3) is 1.34. The van der Waals surface area contributed by atoms with Crippen LogP contribution in [0.2, 0.25) is 0 Å². The van der Waals surface area contributed by atoms with Crippen molar-refractivity contribution in [3.63, 3.8) is 0 Å². The van der Waals surface area contributed by atoms with Crippen molar-refractivity contribution in [1.82, 2.24) is 0 Å². The standard InChI is InChI=1S/C15H12O3/c1-17-11-7-6-9-4-3-5-10-8-12(18-2)15(16)14(11)13(9)10/h3-8H,1-2H3. The Kier molecular flexibility index (Phi) is 2.33. The molecule has 0 fully saturated rings. The van der Waals surface area contributed by atoms with Crippen LogP contribution >= 0.6 is 0 Å². The number of methoxy groups -OCH3 is 2. The highest BCUT2D eigenvalue weighted by atomic mass is 16.5. The van der Waals surface area contributed by atoms with Gasteiger partial charge in [0.2, 0.25) is 5.78 Å². The lowest BCUT2D eigenvalue weighted by Crippen LogP contribution is -2.12. The molecule has 1 aliphatic carbocycles. The molecule has 3 rings (SSSR count). The number of benzene rings is 2. The van der Waals surface area contributed by atoms with Gasteiger partial charge >= 0.3 is 0 Å². The lowest BCUT2D eigenvalue weighted by molar-refractivity contribution is 0.0955. The Balaban J connectivity index is 2.46. The van der Waals surface area contributed by atoms with Crippen molar-refractivity contribution in [1.29, 1.82) is 0 Å². The third-order valence-electron chi connectivity index (χ3n) is 3.22. The van der Waals surface area contributed by atoms with Crippen LogP contribution in [0.4, 0.5) is 0 Å². The van der Waals surface area contributed by atoms with Crippen molar-refractivity contribution >= 4 is 22.6 Å². The van der Waals surface area contributed by atoms with E-state index in [-0.39, 0.29) is 5.78 Å². The molecule has 0 bridgehead atoms. The maximum Gasteiger partial charge on any atom is 0.231 e. The zero-order chi connectivity index (χ0) is 12.7. The zero-order valence-electron chi connectivity index (χ0n) is 10.2. The molecule has 0 aromatic heterocycles. The molecular weight excluding hydrogens is 228 g/mol. The first-order valence-corrected chi connectivity index (χ1v) is 5.66. The van der Waals surface area contributed by atoms with E-state index in [1.54, 1.807) is 13.2 Å². The number of hydrogen-bond donors (Lipinski definition) is 0. The number of Topliss-reactive ketones (excluding diaryl/α,β-unsaturated/α-hetero) is 1. The topological polar surface area (TPSA) is 35.5 Å². The number of carbonyl (C=O) groups is 1. The highest BCUT2D eigenvalue weighted by Gasteiger charge is 2.26. The molecule has 0 spiro atoms. The molecule has 0 radical (unpaired) electrons. The predicted molar refractivity (Wildman–Crippen MR) is 69.8 cm³/mol. The first-order chi connectivity index (χ1) is 8.76. The molecular formula is C15H12O3. The molecule has 0 atom stereocenters. The van der Waals surface area contributed by atoms with Gasteiger partial charge < -0.3 is 9.47 Å². The van der Waals surface area contributed by atoms with Gasteiger partial charge in [0.1, 0.15) is 5.75 Å². The van der Waals surface area contributed by atoms with E-state index in [4.69, 9.17) is 9.47 Å². The summed E-state index contributed by atoms with van der Waals surface area (Å²) in [5, 5.41) is 1.96. The Morgan fingerprint density at radius 1 is 1.00 bits per heavy atom. The molecule has 1 aliphatic rings. The maximum absolute atomic E-state index is 12.3. The van der Waals surface area contributed by atoms with Crippen LogP contribution in [0.1, 0.15) is 15.9 Å². The van der Waals surface area contributed by atoms with E-state index >= 15 is 0 Å². The van der Waals surface area contributed by atoms with E-state index in [0.717, 1.165) is 16.3 Å². The van der Waals surface area contributed by atoms with Gasteiger partial charge in [-0.3, -0.25) is 4.79 Å². The predicted octanol–water partition coefficient (Wildman–Crippen LogP) is 3.03. The van der Waals surface area contributed by atoms with Crippen molar-refractivity contribution in [3.05, 3.63) is 47.2 Å². The minimum absolute atomic E-state index is 0.126. The monoisotopic (exact) mass is 240 g/mol. The van der Waals surface area contributed by atoms with Crippen LogP contribution in [0.25, 0.3) is 16.8 Å². The number of hydrogen-bond acceptors (Lipinski definition) is 3. The van der Waals surface area contributed by atoms with Gasteiger partial charge in [-0.1, -0.05) is 24.3 Å². The summed E-state index contributed by atoms with van der Waals surface area (Å²) in [6.07, 6.45) is 1.77. The molecule has 0 heterocycles. The molecule has 3 nitrogen and oxygen atoms in total. The fourth-order valence-electron chi connectivity index (χ4n) is 2.39. The van der Waals surface area contributed by atoms with E-state index < -0.39 is 0 Å². The first-order valence-electron chi connectivity index (χ1n) is 5.66. The van der Waals surface area contributed by atoms with Crippen molar-refractivity contribution in [2.24, 2.45) is 0 Å². The Labute approximate surface area is 105 Å². The molecule has 0 unspecified atom stereocenters. The molecule has 18 heavy (non-hydrogen) atoms. The van der Waals surface area contributed by atoms with E-state index in [9.17, 15) is 4.79 Å². The molecule has 0 saturated heterocycles. The molecule has 0 N–H and O–H groups in total. The van der Waals surface area contributed by atoms with Gasteiger partial charge in [0.25, 0.3) is 0 Å². The van der Waals surface area contributed by atoms with Crippen molar-refractivity contribution in [2.45, 2.75) is 0 Å². The molecule has 2 aromatic carbocycles. The summed E-state index contributed by atoms with van der Waals surface area (Å²) < 4.78 is 10.4. The second-order valence-electron chi connectivity index (χ2n) is 4.13. The maximum atomic E-state index is 12.3. The van der Waals surface area contributed by atoms with Gasteiger partial charge in [0.05, 0.1) is 19.8 Å². The van der Waals surface area contributed by atoms with Gasteiger partial charge in [-0.25, -0.2) is 0 Å². The average Bonchev–Trinajstić information content (AvgIpc) is 2.42. The Morgan fingerprint density at radius 3 is 2.56 bits per heavy atom. The van der Waals surface area contributed by atoms with Crippen LogP contribution in [-0.2, 0) is 4.74 Å². The van der Waals surface area contributed by atoms with Crippen LogP contribution in [-0.4, -0.2) is 20.0 Å². The van der Waals surface area contributed by atoms with Crippen molar-refractivity contribution in [2.75, 3.05) is 14.2 Å². The van der Waals surface area contributed by atoms with Gasteiger partial charge in [-0.2, -0.15) is 0 Å². The van der Waals surface area contributed by atoms with Crippen LogP contribution in [0.3, 0.4) is 0 Å². The van der Waals surface area contributed by atoms with Crippen LogP contribution in [0, 0.1) is 0 Å². The van der Waals surface area contributed by atoms with Gasteiger partial charge in [0.15, 0.2) is 5.76 Å². The van der Waals surface area contributed by atoms with E-state index in [1.807, 2.05) is 30.3 Å². The van der Waals surface area contributed by atoms with Crippen LogP contribution < -0.4 is 4.74 Å². The second kappa shape index (κ2) is 3.88. The molecule has 0 aliphatic heterocycles. The van der Waals surface area contributed by atoms with Crippen LogP contribution in [0.15, 0.2) is 36.1 Å². The largest absolute Gasteiger partial charge is 0.496 e. The lowest BCUT2D eigenvalue weighted by Gasteiger charge is -2.18. The zero-order valence-corrected chi connectivity index (χ0v) is 10.2. The summed E-state index contributed by atoms with van der Waals surface area (Å²) in [5.74, 6) is 0.806. The highest BCUT2D eigenvalue weighted by molar-refractivity contribution is 6.23. The summed E-state index contributed by atoms with van der Waals surface area (Å²) in [6, 6.07) is 9.70. The molecule has 0 saturated carbocycles. The lowest BCUT2D eigenvalue weighted by atomic mass is 9.90. The van der Waals surface area contributed by atoms with Gasteiger partial charge in [-0.15, -0.1) is 0 Å². The first kappa shape index (κ1) is 10.8. The van der Waals surface area contributed by atoms with Gasteiger partial charge in [-0.05, 0) is 23.1 Å². The summed E-state index contributed by atoms with van der Waals surface area (Å²) in [4.78, 5) is 12.3. The summed E-state index contributed by atoms with van der Waals surface area (Å²) >= 11 is 0. The third-order valence-corrected chi connectivity index (χ3v) is 3.22. The van der Waals surface area contributed by atoms with Gasteiger partial charge in [0, 0.05) is 5.39 Å². The average molecular weight is 240 g/mol. The van der Waals surface area contributed by atoms with Crippen molar-refractivity contribution in [3.8, 4) is 5.75 Å². The van der Waals surface area contributed by atoms with E-state index in [2.05, 4.69) is 0 Å². The Hall–Kier alpha value is -2.29. The van der Waals surface area contributed by atoms with E-state index in [1.165, 1.54) is 7.11 Å². The SMILES string of the molecule is COC1=Cc2cccc3ccc(OC)c(c23)C1=O. The molecule has 3 heteroatoms.